The zero-order chi connectivity index (χ0) is 13.4. The molecule has 0 radical (unpaired) electrons. The number of aldehydes is 1. The molecule has 1 rings (SSSR count). The van der Waals surface area contributed by atoms with Crippen molar-refractivity contribution in [2.75, 3.05) is 12.0 Å². The second-order valence-electron chi connectivity index (χ2n) is 3.14. The normalized spacial score (nSPS) is 10.3. The Morgan fingerprint density at radius 3 is 3.00 bits per heavy atom. The molecule has 1 aromatic rings. The molecule has 0 amide bonds. The Hall–Kier alpha value is -2.68. The van der Waals surface area contributed by atoms with E-state index in [4.69, 9.17) is 5.26 Å². The van der Waals surface area contributed by atoms with E-state index in [1.807, 2.05) is 6.07 Å². The van der Waals surface area contributed by atoms with Gasteiger partial charge in [-0.3, -0.25) is 10.2 Å². The molecule has 1 aromatic carbocycles. The summed E-state index contributed by atoms with van der Waals surface area (Å²) in [6.07, 6.45) is 0.305. The maximum Gasteiger partial charge on any atom is 0.362 e. The molecule has 0 aliphatic heterocycles. The van der Waals surface area contributed by atoms with E-state index < -0.39 is 5.97 Å². The van der Waals surface area contributed by atoms with Crippen molar-refractivity contribution in [2.45, 2.75) is 6.92 Å². The fourth-order valence-corrected chi connectivity index (χ4v) is 1.11. The van der Waals surface area contributed by atoms with Crippen LogP contribution in [0.5, 0.6) is 0 Å². The minimum atomic E-state index is -0.795. The summed E-state index contributed by atoms with van der Waals surface area (Å²) in [5.74, 6) is -0.795. The highest BCUT2D eigenvalue weighted by Gasteiger charge is 2.11. The highest BCUT2D eigenvalue weighted by Crippen LogP contribution is 2.09. The van der Waals surface area contributed by atoms with E-state index in [0.29, 0.717) is 17.5 Å². The van der Waals surface area contributed by atoms with Gasteiger partial charge >= 0.3 is 5.97 Å². The van der Waals surface area contributed by atoms with Crippen LogP contribution in [-0.2, 0) is 14.3 Å². The van der Waals surface area contributed by atoms with Gasteiger partial charge in [0.05, 0.1) is 23.9 Å². The fraction of sp³-hybridized carbons (Fsp3) is 0.167. The molecule has 6 nitrogen and oxygen atoms in total. The second-order valence-corrected chi connectivity index (χ2v) is 3.14. The summed E-state index contributed by atoms with van der Waals surface area (Å²) in [5.41, 5.74) is 3.09. The van der Waals surface area contributed by atoms with Crippen molar-refractivity contribution in [3.05, 3.63) is 29.8 Å². The van der Waals surface area contributed by atoms with Crippen LogP contribution in [0.25, 0.3) is 0 Å². The molecule has 0 saturated carbocycles. The smallest absolute Gasteiger partial charge is 0.362 e. The third-order valence-electron chi connectivity index (χ3n) is 1.89. The van der Waals surface area contributed by atoms with E-state index in [-0.39, 0.29) is 12.3 Å². The van der Waals surface area contributed by atoms with Crippen LogP contribution in [0.4, 0.5) is 5.69 Å². The van der Waals surface area contributed by atoms with Gasteiger partial charge in [0, 0.05) is 0 Å². The number of rotatable bonds is 5. The number of esters is 1. The van der Waals surface area contributed by atoms with Crippen LogP contribution in [0.15, 0.2) is 29.4 Å². The van der Waals surface area contributed by atoms with Gasteiger partial charge in [-0.25, -0.2) is 4.79 Å². The van der Waals surface area contributed by atoms with Crippen molar-refractivity contribution in [2.24, 2.45) is 5.10 Å². The van der Waals surface area contributed by atoms with Crippen LogP contribution in [0.3, 0.4) is 0 Å². The number of benzene rings is 1. The number of anilines is 1. The molecule has 0 atom stereocenters. The number of hydrogen-bond donors (Lipinski definition) is 1. The summed E-state index contributed by atoms with van der Waals surface area (Å²) in [6, 6.07) is 8.43. The van der Waals surface area contributed by atoms with Crippen molar-refractivity contribution in [3.8, 4) is 6.07 Å². The number of ether oxygens (including phenoxy) is 1. The second kappa shape index (κ2) is 6.81. The minimum absolute atomic E-state index is 0.162. The number of nitrogens with one attached hydrogen (secondary N) is 1. The van der Waals surface area contributed by atoms with Gasteiger partial charge in [-0.15, -0.1) is 0 Å². The number of hydrazone groups is 1. The maximum absolute atomic E-state index is 11.2. The average Bonchev–Trinajstić information content (AvgIpc) is 2.40. The van der Waals surface area contributed by atoms with E-state index >= 15 is 0 Å². The Balaban J connectivity index is 2.80. The molecule has 0 aliphatic carbocycles. The van der Waals surface area contributed by atoms with Gasteiger partial charge in [0.2, 0.25) is 5.71 Å². The third-order valence-corrected chi connectivity index (χ3v) is 1.89. The zero-order valence-electron chi connectivity index (χ0n) is 9.71. The molecular weight excluding hydrogens is 234 g/mol. The number of nitriles is 1. The van der Waals surface area contributed by atoms with Crippen LogP contribution in [-0.4, -0.2) is 24.6 Å². The third kappa shape index (κ3) is 3.72. The first-order valence-electron chi connectivity index (χ1n) is 5.17. The van der Waals surface area contributed by atoms with Crippen molar-refractivity contribution < 1.29 is 14.3 Å². The predicted octanol–water partition coefficient (Wildman–Crippen LogP) is 1.09. The van der Waals surface area contributed by atoms with Crippen LogP contribution < -0.4 is 5.43 Å². The summed E-state index contributed by atoms with van der Waals surface area (Å²) in [4.78, 5) is 21.9. The van der Waals surface area contributed by atoms with Gasteiger partial charge < -0.3 is 4.74 Å². The zero-order valence-corrected chi connectivity index (χ0v) is 9.71. The summed E-state index contributed by atoms with van der Waals surface area (Å²) in [7, 11) is 0. The molecule has 18 heavy (non-hydrogen) atoms. The monoisotopic (exact) mass is 245 g/mol. The maximum atomic E-state index is 11.2. The lowest BCUT2D eigenvalue weighted by atomic mass is 10.2. The number of carbonyl (C=O) groups excluding carboxylic acids is 2. The summed E-state index contributed by atoms with van der Waals surface area (Å²) in [6.45, 7) is 1.79. The average molecular weight is 245 g/mol. The molecule has 0 unspecified atom stereocenters. The van der Waals surface area contributed by atoms with E-state index in [1.165, 1.54) is 6.07 Å². The SMILES string of the molecule is CCOC(=O)/C(C=O)=N\Nc1cccc(C#N)c1. The molecular formula is C12H11N3O3. The van der Waals surface area contributed by atoms with Gasteiger partial charge in [0.15, 0.2) is 6.29 Å². The highest BCUT2D eigenvalue weighted by molar-refractivity contribution is 6.58. The lowest BCUT2D eigenvalue weighted by molar-refractivity contribution is -0.135. The number of hydrogen-bond acceptors (Lipinski definition) is 6. The summed E-state index contributed by atoms with van der Waals surface area (Å²) < 4.78 is 4.63. The first kappa shape index (κ1) is 13.4. The molecule has 92 valence electrons. The number of nitrogens with zero attached hydrogens (tertiary/aromatic N) is 2. The van der Waals surface area contributed by atoms with Crippen LogP contribution >= 0.6 is 0 Å². The quantitative estimate of drug-likeness (QED) is 0.275. The summed E-state index contributed by atoms with van der Waals surface area (Å²) >= 11 is 0. The molecule has 0 fully saturated rings. The van der Waals surface area contributed by atoms with E-state index in [0.717, 1.165) is 0 Å². The van der Waals surface area contributed by atoms with Crippen LogP contribution in [0.1, 0.15) is 12.5 Å². The standard InChI is InChI=1S/C12H11N3O3/c1-2-18-12(17)11(8-16)15-14-10-5-3-4-9(6-10)7-13/h3-6,8,14H,2H2,1H3/b15-11-. The van der Waals surface area contributed by atoms with Gasteiger partial charge in [-0.1, -0.05) is 6.07 Å². The Morgan fingerprint density at radius 2 is 2.39 bits per heavy atom. The molecule has 0 heterocycles. The van der Waals surface area contributed by atoms with Crippen LogP contribution in [0, 0.1) is 11.3 Å². The van der Waals surface area contributed by atoms with E-state index in [2.05, 4.69) is 15.3 Å². The van der Waals surface area contributed by atoms with E-state index in [9.17, 15) is 9.59 Å². The molecule has 6 heteroatoms. The Bertz CT molecular complexity index is 518. The van der Waals surface area contributed by atoms with Gasteiger partial charge in [-0.05, 0) is 25.1 Å². The van der Waals surface area contributed by atoms with Crippen molar-refractivity contribution in [1.29, 1.82) is 5.26 Å². The lowest BCUT2D eigenvalue weighted by Gasteiger charge is -2.02. The molecule has 0 bridgehead atoms. The summed E-state index contributed by atoms with van der Waals surface area (Å²) in [5, 5.41) is 12.3. The Labute approximate surface area is 104 Å². The lowest BCUT2D eigenvalue weighted by Crippen LogP contribution is -2.20. The van der Waals surface area contributed by atoms with Crippen molar-refractivity contribution in [1.82, 2.24) is 0 Å². The van der Waals surface area contributed by atoms with Crippen LogP contribution in [0.2, 0.25) is 0 Å². The molecule has 0 saturated heterocycles. The molecule has 0 spiro atoms. The Morgan fingerprint density at radius 1 is 1.61 bits per heavy atom. The van der Waals surface area contributed by atoms with E-state index in [1.54, 1.807) is 25.1 Å². The largest absolute Gasteiger partial charge is 0.461 e. The molecule has 0 aliphatic rings. The highest BCUT2D eigenvalue weighted by atomic mass is 16.5. The molecule has 0 aromatic heterocycles. The first-order valence-corrected chi connectivity index (χ1v) is 5.17. The Kier molecular flexibility index (Phi) is 5.06. The number of carbonyl (C=O) groups is 2. The minimum Gasteiger partial charge on any atom is -0.461 e. The van der Waals surface area contributed by atoms with Gasteiger partial charge in [0.1, 0.15) is 0 Å². The predicted molar refractivity (Wildman–Crippen MR) is 64.9 cm³/mol. The van der Waals surface area contributed by atoms with Gasteiger partial charge in [0.25, 0.3) is 0 Å². The van der Waals surface area contributed by atoms with Crippen molar-refractivity contribution >= 4 is 23.7 Å². The van der Waals surface area contributed by atoms with Gasteiger partial charge in [-0.2, -0.15) is 10.4 Å². The van der Waals surface area contributed by atoms with Crippen molar-refractivity contribution in [3.63, 3.8) is 0 Å². The first-order chi connectivity index (χ1) is 8.71. The fourth-order valence-electron chi connectivity index (χ4n) is 1.11. The topological polar surface area (TPSA) is 91.6 Å². The molecule has 1 N–H and O–H groups in total.